The fourth-order valence-electron chi connectivity index (χ4n) is 2.02. The molecule has 0 fully saturated rings. The highest BCUT2D eigenvalue weighted by atomic mass is 32.2. The molecule has 138 valence electrons. The van der Waals surface area contributed by atoms with Gasteiger partial charge in [-0.15, -0.1) is 10.2 Å². The van der Waals surface area contributed by atoms with E-state index in [0.29, 0.717) is 0 Å². The Bertz CT molecular complexity index is 895. The summed E-state index contributed by atoms with van der Waals surface area (Å²) in [6, 6.07) is 18.1. The van der Waals surface area contributed by atoms with Crippen LogP contribution in [0.4, 0.5) is 0 Å². The molecule has 0 aliphatic carbocycles. The summed E-state index contributed by atoms with van der Waals surface area (Å²) in [6.07, 6.45) is 1.63. The number of hydrogen-bond donors (Lipinski definition) is 1. The number of aryl methyl sites for hydroxylation is 1. The number of thioether (sulfide) groups is 2. The van der Waals surface area contributed by atoms with Crippen molar-refractivity contribution in [2.75, 3.05) is 5.75 Å². The molecule has 0 bridgehead atoms. The molecule has 0 saturated carbocycles. The molecule has 1 heterocycles. The molecule has 5 nitrogen and oxygen atoms in total. The Balaban J connectivity index is 1.40. The summed E-state index contributed by atoms with van der Waals surface area (Å²) in [5.74, 6) is 0.939. The molecule has 8 heteroatoms. The van der Waals surface area contributed by atoms with E-state index in [1.807, 2.05) is 49.4 Å². The van der Waals surface area contributed by atoms with Gasteiger partial charge in [0.25, 0.3) is 5.91 Å². The Labute approximate surface area is 170 Å². The number of aromatic nitrogens is 2. The van der Waals surface area contributed by atoms with Crippen LogP contribution in [0.25, 0.3) is 0 Å². The van der Waals surface area contributed by atoms with Crippen molar-refractivity contribution in [3.05, 3.63) is 71.3 Å². The normalized spacial score (nSPS) is 11.0. The van der Waals surface area contributed by atoms with Crippen LogP contribution in [0.3, 0.4) is 0 Å². The van der Waals surface area contributed by atoms with Gasteiger partial charge < -0.3 is 0 Å². The lowest BCUT2D eigenvalue weighted by molar-refractivity contribution is -0.118. The van der Waals surface area contributed by atoms with Gasteiger partial charge in [-0.25, -0.2) is 5.43 Å². The predicted octanol–water partition coefficient (Wildman–Crippen LogP) is 4.38. The van der Waals surface area contributed by atoms with Crippen molar-refractivity contribution in [3.8, 4) is 0 Å². The van der Waals surface area contributed by atoms with Crippen molar-refractivity contribution >= 4 is 47.0 Å². The molecule has 3 aromatic rings. The lowest BCUT2D eigenvalue weighted by Crippen LogP contribution is -2.19. The van der Waals surface area contributed by atoms with E-state index in [4.69, 9.17) is 0 Å². The van der Waals surface area contributed by atoms with Gasteiger partial charge in [-0.05, 0) is 18.1 Å². The van der Waals surface area contributed by atoms with Crippen LogP contribution < -0.4 is 5.43 Å². The number of benzene rings is 2. The zero-order valence-corrected chi connectivity index (χ0v) is 17.1. The van der Waals surface area contributed by atoms with Crippen molar-refractivity contribution in [1.82, 2.24) is 15.6 Å². The number of hydrogen-bond acceptors (Lipinski definition) is 7. The van der Waals surface area contributed by atoms with Gasteiger partial charge in [0.05, 0.1) is 12.0 Å². The molecule has 1 aromatic heterocycles. The lowest BCUT2D eigenvalue weighted by Gasteiger charge is -1.98. The van der Waals surface area contributed by atoms with Crippen molar-refractivity contribution in [2.45, 2.75) is 21.4 Å². The average Bonchev–Trinajstić information content (AvgIpc) is 3.15. The summed E-state index contributed by atoms with van der Waals surface area (Å²) in [6.45, 7) is 2.03. The van der Waals surface area contributed by atoms with Gasteiger partial charge in [0.1, 0.15) is 0 Å². The summed E-state index contributed by atoms with van der Waals surface area (Å²) < 4.78 is 1.68. The van der Waals surface area contributed by atoms with E-state index in [9.17, 15) is 4.79 Å². The maximum atomic E-state index is 11.9. The van der Waals surface area contributed by atoms with Crippen LogP contribution in [-0.2, 0) is 10.5 Å². The molecule has 0 atom stereocenters. The zero-order chi connectivity index (χ0) is 18.9. The van der Waals surface area contributed by atoms with Crippen molar-refractivity contribution in [1.29, 1.82) is 0 Å². The minimum absolute atomic E-state index is 0.169. The first-order chi connectivity index (χ1) is 13.2. The van der Waals surface area contributed by atoms with Crippen LogP contribution in [0.1, 0.15) is 16.7 Å². The van der Waals surface area contributed by atoms with E-state index in [2.05, 4.69) is 32.9 Å². The summed E-state index contributed by atoms with van der Waals surface area (Å²) in [5.41, 5.74) is 5.91. The summed E-state index contributed by atoms with van der Waals surface area (Å²) in [7, 11) is 0. The summed E-state index contributed by atoms with van der Waals surface area (Å²) >= 11 is 4.51. The van der Waals surface area contributed by atoms with E-state index >= 15 is 0 Å². The molecule has 0 saturated heterocycles. The van der Waals surface area contributed by atoms with Gasteiger partial charge in [-0.3, -0.25) is 4.79 Å². The first-order valence-electron chi connectivity index (χ1n) is 8.20. The molecule has 0 radical (unpaired) electrons. The number of carbonyl (C=O) groups excluding carboxylic acids is 1. The van der Waals surface area contributed by atoms with Crippen molar-refractivity contribution < 1.29 is 4.79 Å². The van der Waals surface area contributed by atoms with Crippen LogP contribution >= 0.6 is 34.9 Å². The predicted molar refractivity (Wildman–Crippen MR) is 114 cm³/mol. The van der Waals surface area contributed by atoms with Gasteiger partial charge in [0.2, 0.25) is 0 Å². The standard InChI is InChI=1S/C19H18N4OS3/c1-14-7-9-15(10-8-14)11-20-21-17(24)13-26-19-23-22-18(27-19)25-12-16-5-3-2-4-6-16/h2-11H,12-13H2,1H3,(H,21,24)/b20-11+. The van der Waals surface area contributed by atoms with Gasteiger partial charge in [0, 0.05) is 5.75 Å². The van der Waals surface area contributed by atoms with Gasteiger partial charge in [0.15, 0.2) is 8.68 Å². The number of hydrazone groups is 1. The first-order valence-corrected chi connectivity index (χ1v) is 11.0. The highest BCUT2D eigenvalue weighted by Crippen LogP contribution is 2.30. The largest absolute Gasteiger partial charge is 0.272 e. The molecular weight excluding hydrogens is 396 g/mol. The highest BCUT2D eigenvalue weighted by molar-refractivity contribution is 8.03. The molecule has 3 rings (SSSR count). The Hall–Kier alpha value is -2.16. The summed E-state index contributed by atoms with van der Waals surface area (Å²) in [4.78, 5) is 11.9. The zero-order valence-electron chi connectivity index (χ0n) is 14.7. The minimum Gasteiger partial charge on any atom is -0.272 e. The van der Waals surface area contributed by atoms with E-state index in [0.717, 1.165) is 20.0 Å². The third-order valence-corrected chi connectivity index (χ3v) is 6.66. The summed E-state index contributed by atoms with van der Waals surface area (Å²) in [5, 5.41) is 12.3. The molecular formula is C19H18N4OS3. The van der Waals surface area contributed by atoms with Crippen LogP contribution in [0.2, 0.25) is 0 Å². The third kappa shape index (κ3) is 6.82. The smallest absolute Gasteiger partial charge is 0.250 e. The Morgan fingerprint density at radius 2 is 1.78 bits per heavy atom. The van der Waals surface area contributed by atoms with E-state index in [1.54, 1.807) is 18.0 Å². The van der Waals surface area contributed by atoms with E-state index in [-0.39, 0.29) is 11.7 Å². The number of carbonyl (C=O) groups is 1. The minimum atomic E-state index is -0.169. The average molecular weight is 415 g/mol. The maximum absolute atomic E-state index is 11.9. The molecule has 0 aliphatic rings. The van der Waals surface area contributed by atoms with E-state index < -0.39 is 0 Å². The lowest BCUT2D eigenvalue weighted by atomic mass is 10.2. The van der Waals surface area contributed by atoms with Gasteiger partial charge in [-0.2, -0.15) is 5.10 Å². The monoisotopic (exact) mass is 414 g/mol. The second kappa shape index (κ2) is 10.2. The fourth-order valence-corrected chi connectivity index (χ4v) is 4.79. The SMILES string of the molecule is Cc1ccc(/C=N/NC(=O)CSc2nnc(SCc3ccccc3)s2)cc1. The molecule has 0 spiro atoms. The number of nitrogens with one attached hydrogen (secondary N) is 1. The van der Waals surface area contributed by atoms with Crippen LogP contribution in [0, 0.1) is 6.92 Å². The highest BCUT2D eigenvalue weighted by Gasteiger charge is 2.08. The maximum Gasteiger partial charge on any atom is 0.250 e. The Morgan fingerprint density at radius 1 is 1.07 bits per heavy atom. The molecule has 2 aromatic carbocycles. The third-order valence-electron chi connectivity index (χ3n) is 3.40. The van der Waals surface area contributed by atoms with Gasteiger partial charge >= 0.3 is 0 Å². The molecule has 1 amide bonds. The topological polar surface area (TPSA) is 67.2 Å². The Kier molecular flexibility index (Phi) is 7.44. The van der Waals surface area contributed by atoms with Crippen LogP contribution in [0.15, 0.2) is 68.4 Å². The Morgan fingerprint density at radius 3 is 2.52 bits per heavy atom. The van der Waals surface area contributed by atoms with Crippen LogP contribution in [0.5, 0.6) is 0 Å². The van der Waals surface area contributed by atoms with Crippen molar-refractivity contribution in [3.63, 3.8) is 0 Å². The number of nitrogens with zero attached hydrogens (tertiary/aromatic N) is 3. The second-order valence-electron chi connectivity index (χ2n) is 5.60. The second-order valence-corrected chi connectivity index (χ2v) is 9.02. The number of rotatable bonds is 8. The first kappa shape index (κ1) is 19.6. The molecule has 0 aliphatic heterocycles. The van der Waals surface area contributed by atoms with Gasteiger partial charge in [-0.1, -0.05) is 95.0 Å². The molecule has 0 unspecified atom stereocenters. The number of amides is 1. The van der Waals surface area contributed by atoms with E-state index in [1.165, 1.54) is 34.2 Å². The molecule has 1 N–H and O–H groups in total. The fraction of sp³-hybridized carbons (Fsp3) is 0.158. The molecule has 27 heavy (non-hydrogen) atoms. The van der Waals surface area contributed by atoms with Crippen molar-refractivity contribution in [2.24, 2.45) is 5.10 Å². The quantitative estimate of drug-likeness (QED) is 0.337. The van der Waals surface area contributed by atoms with Crippen LogP contribution in [-0.4, -0.2) is 28.1 Å².